The summed E-state index contributed by atoms with van der Waals surface area (Å²) in [6, 6.07) is 15.8. The molecule has 0 unspecified atom stereocenters. The lowest BCUT2D eigenvalue weighted by Crippen LogP contribution is -2.50. The number of H-pyrrole nitrogens is 1. The van der Waals surface area contributed by atoms with Gasteiger partial charge in [-0.25, -0.2) is 4.98 Å². The molecule has 1 fully saturated rings. The van der Waals surface area contributed by atoms with E-state index in [4.69, 9.17) is 14.2 Å². The van der Waals surface area contributed by atoms with Gasteiger partial charge < -0.3 is 19.1 Å². The van der Waals surface area contributed by atoms with E-state index in [1.165, 1.54) is 5.39 Å². The Kier molecular flexibility index (Phi) is 5.61. The number of methoxy groups -OCH3 is 3. The molecule has 0 spiro atoms. The highest BCUT2D eigenvalue weighted by Gasteiger charge is 2.28. The average molecular weight is 408 g/mol. The van der Waals surface area contributed by atoms with Crippen LogP contribution in [0.5, 0.6) is 17.2 Å². The molecule has 156 valence electrons. The van der Waals surface area contributed by atoms with Crippen LogP contribution < -0.4 is 24.1 Å². The number of nitrogens with one attached hydrogen (secondary N) is 1. The van der Waals surface area contributed by atoms with Crippen LogP contribution in [0.25, 0.3) is 10.9 Å². The SMILES string of the molecule is COc1cc(C(=O)N2CCN(c3ccc4ccccc4[nH+]3)CC2)cc(OC)c1OC. The Labute approximate surface area is 175 Å². The van der Waals surface area contributed by atoms with E-state index in [1.54, 1.807) is 33.5 Å². The molecule has 1 saturated heterocycles. The van der Waals surface area contributed by atoms with Gasteiger partial charge in [-0.1, -0.05) is 18.2 Å². The Balaban J connectivity index is 1.49. The number of para-hydroxylation sites is 1. The maximum atomic E-state index is 13.1. The minimum Gasteiger partial charge on any atom is -0.493 e. The van der Waals surface area contributed by atoms with E-state index >= 15 is 0 Å². The van der Waals surface area contributed by atoms with Gasteiger partial charge in [0, 0.05) is 17.0 Å². The smallest absolute Gasteiger partial charge is 0.274 e. The van der Waals surface area contributed by atoms with Gasteiger partial charge in [0.1, 0.15) is 18.6 Å². The number of carbonyl (C=O) groups excluding carboxylic acids is 1. The number of piperazine rings is 1. The second kappa shape index (κ2) is 8.49. The van der Waals surface area contributed by atoms with E-state index in [-0.39, 0.29) is 5.91 Å². The minimum atomic E-state index is -0.0450. The molecule has 7 nitrogen and oxygen atoms in total. The molecule has 2 aromatic carbocycles. The third-order valence-corrected chi connectivity index (χ3v) is 5.46. The van der Waals surface area contributed by atoms with Gasteiger partial charge in [0.05, 0.1) is 34.4 Å². The fraction of sp³-hybridized carbons (Fsp3) is 0.304. The number of amides is 1. The topological polar surface area (TPSA) is 65.4 Å². The first-order chi connectivity index (χ1) is 14.6. The van der Waals surface area contributed by atoms with Crippen LogP contribution in [0.4, 0.5) is 5.82 Å². The molecule has 7 heteroatoms. The number of rotatable bonds is 5. The fourth-order valence-electron chi connectivity index (χ4n) is 3.83. The highest BCUT2D eigenvalue weighted by Crippen LogP contribution is 2.38. The Bertz CT molecular complexity index is 1040. The van der Waals surface area contributed by atoms with Gasteiger partial charge in [-0.15, -0.1) is 0 Å². The number of hydrogen-bond acceptors (Lipinski definition) is 5. The molecule has 30 heavy (non-hydrogen) atoms. The number of aromatic nitrogens is 1. The van der Waals surface area contributed by atoms with E-state index in [1.807, 2.05) is 17.0 Å². The van der Waals surface area contributed by atoms with Crippen LogP contribution in [-0.4, -0.2) is 58.3 Å². The molecule has 0 aliphatic carbocycles. The zero-order valence-electron chi connectivity index (χ0n) is 17.5. The summed E-state index contributed by atoms with van der Waals surface area (Å²) in [4.78, 5) is 20.7. The number of ether oxygens (including phenoxy) is 3. The van der Waals surface area contributed by atoms with Crippen LogP contribution in [0.1, 0.15) is 10.4 Å². The van der Waals surface area contributed by atoms with Crippen molar-refractivity contribution in [2.75, 3.05) is 52.4 Å². The van der Waals surface area contributed by atoms with Gasteiger partial charge in [0.15, 0.2) is 11.5 Å². The number of anilines is 1. The van der Waals surface area contributed by atoms with Crippen molar-refractivity contribution < 1.29 is 24.0 Å². The summed E-state index contributed by atoms with van der Waals surface area (Å²) in [5.41, 5.74) is 1.63. The molecular formula is C23H26N3O4+. The van der Waals surface area contributed by atoms with Crippen molar-refractivity contribution in [2.45, 2.75) is 0 Å². The summed E-state index contributed by atoms with van der Waals surface area (Å²) in [6.45, 7) is 2.78. The number of hydrogen-bond donors (Lipinski definition) is 0. The summed E-state index contributed by atoms with van der Waals surface area (Å²) >= 11 is 0. The molecule has 1 N–H and O–H groups in total. The van der Waals surface area contributed by atoms with Crippen LogP contribution in [0, 0.1) is 0 Å². The lowest BCUT2D eigenvalue weighted by atomic mass is 10.1. The van der Waals surface area contributed by atoms with Crippen molar-refractivity contribution in [1.29, 1.82) is 0 Å². The van der Waals surface area contributed by atoms with Gasteiger partial charge in [-0.2, -0.15) is 0 Å². The van der Waals surface area contributed by atoms with E-state index in [0.29, 0.717) is 35.9 Å². The Morgan fingerprint density at radius 2 is 1.53 bits per heavy atom. The Hall–Kier alpha value is -3.48. The van der Waals surface area contributed by atoms with Crippen molar-refractivity contribution in [1.82, 2.24) is 4.90 Å². The normalized spacial score (nSPS) is 14.0. The second-order valence-corrected chi connectivity index (χ2v) is 7.12. The summed E-state index contributed by atoms with van der Waals surface area (Å²) < 4.78 is 16.1. The quantitative estimate of drug-likeness (QED) is 0.649. The average Bonchev–Trinajstić information content (AvgIpc) is 2.82. The Morgan fingerprint density at radius 3 is 2.17 bits per heavy atom. The lowest BCUT2D eigenvalue weighted by Gasteiger charge is -2.31. The van der Waals surface area contributed by atoms with Crippen LogP contribution >= 0.6 is 0 Å². The summed E-state index contributed by atoms with van der Waals surface area (Å²) in [6.07, 6.45) is 0. The van der Waals surface area contributed by atoms with E-state index in [9.17, 15) is 4.79 Å². The second-order valence-electron chi connectivity index (χ2n) is 7.12. The van der Waals surface area contributed by atoms with Gasteiger partial charge in [-0.3, -0.25) is 9.69 Å². The van der Waals surface area contributed by atoms with Gasteiger partial charge in [0.2, 0.25) is 5.75 Å². The molecule has 1 aliphatic rings. The highest BCUT2D eigenvalue weighted by molar-refractivity contribution is 5.95. The van der Waals surface area contributed by atoms with Gasteiger partial charge in [0.25, 0.3) is 11.7 Å². The van der Waals surface area contributed by atoms with Crippen LogP contribution in [0.3, 0.4) is 0 Å². The number of benzene rings is 2. The molecule has 0 atom stereocenters. The summed E-state index contributed by atoms with van der Waals surface area (Å²) in [5, 5.41) is 1.18. The molecule has 2 heterocycles. The van der Waals surface area contributed by atoms with Crippen molar-refractivity contribution in [3.8, 4) is 17.2 Å². The van der Waals surface area contributed by atoms with Crippen molar-refractivity contribution in [3.05, 3.63) is 54.1 Å². The zero-order chi connectivity index (χ0) is 21.1. The molecule has 1 aromatic heterocycles. The van der Waals surface area contributed by atoms with Gasteiger partial charge >= 0.3 is 0 Å². The van der Waals surface area contributed by atoms with Crippen molar-refractivity contribution >= 4 is 22.6 Å². The Morgan fingerprint density at radius 1 is 0.867 bits per heavy atom. The third kappa shape index (κ3) is 3.70. The summed E-state index contributed by atoms with van der Waals surface area (Å²) in [5.74, 6) is 2.45. The number of aromatic amines is 1. The zero-order valence-corrected chi connectivity index (χ0v) is 17.5. The molecule has 3 aromatic rings. The van der Waals surface area contributed by atoms with E-state index in [2.05, 4.69) is 34.1 Å². The first-order valence-electron chi connectivity index (χ1n) is 9.90. The summed E-state index contributed by atoms with van der Waals surface area (Å²) in [7, 11) is 4.64. The maximum absolute atomic E-state index is 13.1. The number of pyridine rings is 1. The molecule has 4 rings (SSSR count). The monoisotopic (exact) mass is 408 g/mol. The highest BCUT2D eigenvalue weighted by atomic mass is 16.5. The largest absolute Gasteiger partial charge is 0.493 e. The number of nitrogens with zero attached hydrogens (tertiary/aromatic N) is 2. The molecule has 1 amide bonds. The lowest BCUT2D eigenvalue weighted by molar-refractivity contribution is -0.330. The molecule has 0 bridgehead atoms. The van der Waals surface area contributed by atoms with Crippen molar-refractivity contribution in [2.24, 2.45) is 0 Å². The predicted octanol–water partition coefficient (Wildman–Crippen LogP) is 2.64. The van der Waals surface area contributed by atoms with E-state index < -0.39 is 0 Å². The molecule has 1 aliphatic heterocycles. The molecule has 0 saturated carbocycles. The van der Waals surface area contributed by atoms with Gasteiger partial charge in [-0.05, 0) is 24.3 Å². The predicted molar refractivity (Wildman–Crippen MR) is 115 cm³/mol. The van der Waals surface area contributed by atoms with Crippen molar-refractivity contribution in [3.63, 3.8) is 0 Å². The van der Waals surface area contributed by atoms with Crippen LogP contribution in [0.2, 0.25) is 0 Å². The first-order valence-corrected chi connectivity index (χ1v) is 9.90. The fourth-order valence-corrected chi connectivity index (χ4v) is 3.83. The first kappa shape index (κ1) is 19.8. The maximum Gasteiger partial charge on any atom is 0.274 e. The minimum absolute atomic E-state index is 0.0450. The van der Waals surface area contributed by atoms with Crippen LogP contribution in [0.15, 0.2) is 48.5 Å². The molecule has 0 radical (unpaired) electrons. The standard InChI is InChI=1S/C23H25N3O4/c1-28-19-14-17(15-20(29-2)22(19)30-3)23(27)26-12-10-25(11-13-26)21-9-8-16-6-4-5-7-18(16)24-21/h4-9,14-15H,10-13H2,1-3H3/p+1. The third-order valence-electron chi connectivity index (χ3n) is 5.46. The molecular weight excluding hydrogens is 382 g/mol. The number of fused-ring (bicyclic) bond motifs is 1. The van der Waals surface area contributed by atoms with E-state index in [0.717, 1.165) is 24.4 Å². The number of carbonyl (C=O) groups is 1. The van der Waals surface area contributed by atoms with Crippen LogP contribution in [-0.2, 0) is 0 Å².